The van der Waals surface area contributed by atoms with Crippen LogP contribution < -0.4 is 10.6 Å². The van der Waals surface area contributed by atoms with Gasteiger partial charge in [-0.1, -0.05) is 42.5 Å². The van der Waals surface area contributed by atoms with Crippen LogP contribution in [0.25, 0.3) is 10.8 Å². The lowest BCUT2D eigenvalue weighted by molar-refractivity contribution is 0.219. The van der Waals surface area contributed by atoms with Gasteiger partial charge >= 0.3 is 0 Å². The van der Waals surface area contributed by atoms with Gasteiger partial charge in [0.2, 0.25) is 0 Å². The van der Waals surface area contributed by atoms with Crippen LogP contribution in [0.2, 0.25) is 0 Å². The molecule has 1 saturated heterocycles. The Morgan fingerprint density at radius 2 is 1.85 bits per heavy atom. The lowest BCUT2D eigenvalue weighted by atomic mass is 9.98. The first-order valence-corrected chi connectivity index (χ1v) is 7.46. The molecule has 3 rings (SSSR count). The smallest absolute Gasteiger partial charge is 0.0453 e. The van der Waals surface area contributed by atoms with Crippen LogP contribution in [0, 0.1) is 0 Å². The first-order chi connectivity index (χ1) is 9.88. The van der Waals surface area contributed by atoms with Gasteiger partial charge in [0.25, 0.3) is 0 Å². The maximum absolute atomic E-state index is 3.50. The van der Waals surface area contributed by atoms with Crippen molar-refractivity contribution in [2.24, 2.45) is 0 Å². The normalized spacial score (nSPS) is 18.2. The molecule has 1 aliphatic heterocycles. The van der Waals surface area contributed by atoms with Crippen molar-refractivity contribution >= 4 is 10.8 Å². The summed E-state index contributed by atoms with van der Waals surface area (Å²) in [4.78, 5) is 2.54. The predicted molar refractivity (Wildman–Crippen MR) is 85.1 cm³/mol. The average Bonchev–Trinajstić information content (AvgIpc) is 2.53. The third-order valence-electron chi connectivity index (χ3n) is 4.20. The summed E-state index contributed by atoms with van der Waals surface area (Å²) in [7, 11) is 2.06. The van der Waals surface area contributed by atoms with Crippen molar-refractivity contribution in [3.8, 4) is 0 Å². The molecule has 1 atom stereocenters. The number of hydrogen-bond donors (Lipinski definition) is 2. The number of nitrogens with zero attached hydrogens (tertiary/aromatic N) is 1. The average molecular weight is 269 g/mol. The second kappa shape index (κ2) is 6.35. The van der Waals surface area contributed by atoms with E-state index in [1.54, 1.807) is 0 Å². The molecular formula is C17H23N3. The molecule has 1 heterocycles. The van der Waals surface area contributed by atoms with E-state index in [2.05, 4.69) is 65.0 Å². The highest BCUT2D eigenvalue weighted by Crippen LogP contribution is 2.24. The molecule has 0 aromatic heterocycles. The Bertz CT molecular complexity index is 556. The Morgan fingerprint density at radius 1 is 1.10 bits per heavy atom. The third kappa shape index (κ3) is 2.85. The van der Waals surface area contributed by atoms with Crippen LogP contribution in [0.5, 0.6) is 0 Å². The number of benzene rings is 2. The van der Waals surface area contributed by atoms with Crippen molar-refractivity contribution in [3.05, 3.63) is 48.0 Å². The fraction of sp³-hybridized carbons (Fsp3) is 0.412. The van der Waals surface area contributed by atoms with Crippen molar-refractivity contribution in [2.45, 2.75) is 6.04 Å². The second-order valence-electron chi connectivity index (χ2n) is 5.46. The zero-order valence-corrected chi connectivity index (χ0v) is 12.1. The summed E-state index contributed by atoms with van der Waals surface area (Å²) >= 11 is 0. The van der Waals surface area contributed by atoms with E-state index in [0.29, 0.717) is 6.04 Å². The number of hydrogen-bond acceptors (Lipinski definition) is 3. The van der Waals surface area contributed by atoms with Crippen LogP contribution in [-0.2, 0) is 0 Å². The topological polar surface area (TPSA) is 27.3 Å². The molecule has 3 heteroatoms. The van der Waals surface area contributed by atoms with Gasteiger partial charge in [-0.15, -0.1) is 0 Å². The van der Waals surface area contributed by atoms with E-state index in [-0.39, 0.29) is 0 Å². The molecule has 0 bridgehead atoms. The highest BCUT2D eigenvalue weighted by molar-refractivity contribution is 5.86. The van der Waals surface area contributed by atoms with Crippen LogP contribution >= 0.6 is 0 Å². The van der Waals surface area contributed by atoms with Gasteiger partial charge in [-0.05, 0) is 23.4 Å². The second-order valence-corrected chi connectivity index (χ2v) is 5.46. The summed E-state index contributed by atoms with van der Waals surface area (Å²) in [6.07, 6.45) is 0. The van der Waals surface area contributed by atoms with E-state index in [1.165, 1.54) is 16.3 Å². The fourth-order valence-corrected chi connectivity index (χ4v) is 3.05. The summed E-state index contributed by atoms with van der Waals surface area (Å²) in [6, 6.07) is 15.7. The van der Waals surface area contributed by atoms with Crippen LogP contribution in [0.3, 0.4) is 0 Å². The van der Waals surface area contributed by atoms with E-state index in [9.17, 15) is 0 Å². The van der Waals surface area contributed by atoms with Gasteiger partial charge in [0.15, 0.2) is 0 Å². The van der Waals surface area contributed by atoms with Gasteiger partial charge in [-0.25, -0.2) is 0 Å². The lowest BCUT2D eigenvalue weighted by Gasteiger charge is -2.31. The highest BCUT2D eigenvalue weighted by Gasteiger charge is 2.17. The Labute approximate surface area is 121 Å². The van der Waals surface area contributed by atoms with E-state index in [0.717, 1.165) is 32.7 Å². The van der Waals surface area contributed by atoms with Crippen molar-refractivity contribution < 1.29 is 0 Å². The molecule has 1 fully saturated rings. The highest BCUT2D eigenvalue weighted by atomic mass is 15.2. The third-order valence-corrected chi connectivity index (χ3v) is 4.20. The van der Waals surface area contributed by atoms with Crippen molar-refractivity contribution in [1.29, 1.82) is 0 Å². The molecule has 1 aliphatic rings. The van der Waals surface area contributed by atoms with E-state index in [1.807, 2.05) is 0 Å². The molecule has 2 aromatic rings. The van der Waals surface area contributed by atoms with Crippen LogP contribution in [0.1, 0.15) is 11.6 Å². The van der Waals surface area contributed by atoms with Crippen molar-refractivity contribution in [3.63, 3.8) is 0 Å². The molecule has 0 spiro atoms. The Balaban J connectivity index is 1.86. The van der Waals surface area contributed by atoms with E-state index < -0.39 is 0 Å². The Hall–Kier alpha value is -1.42. The van der Waals surface area contributed by atoms with Crippen LogP contribution in [-0.4, -0.2) is 44.7 Å². The quantitative estimate of drug-likeness (QED) is 0.889. The zero-order valence-electron chi connectivity index (χ0n) is 12.1. The number of piperazine rings is 1. The van der Waals surface area contributed by atoms with Crippen molar-refractivity contribution in [2.75, 3.05) is 39.8 Å². The molecule has 3 nitrogen and oxygen atoms in total. The summed E-state index contributed by atoms with van der Waals surface area (Å²) in [6.45, 7) is 5.57. The molecule has 0 aliphatic carbocycles. The molecule has 20 heavy (non-hydrogen) atoms. The van der Waals surface area contributed by atoms with E-state index >= 15 is 0 Å². The lowest BCUT2D eigenvalue weighted by Crippen LogP contribution is -2.46. The minimum Gasteiger partial charge on any atom is -0.314 e. The van der Waals surface area contributed by atoms with Gasteiger partial charge in [0.1, 0.15) is 0 Å². The van der Waals surface area contributed by atoms with Gasteiger partial charge < -0.3 is 10.6 Å². The monoisotopic (exact) mass is 269 g/mol. The first kappa shape index (κ1) is 13.6. The SMILES string of the molecule is CNC(CN1CCNCC1)c1cccc2ccccc12. The van der Waals surface area contributed by atoms with Crippen LogP contribution in [0.4, 0.5) is 0 Å². The number of likely N-dealkylation sites (N-methyl/N-ethyl adjacent to an activating group) is 1. The van der Waals surface area contributed by atoms with Crippen molar-refractivity contribution in [1.82, 2.24) is 15.5 Å². The molecule has 106 valence electrons. The molecule has 0 radical (unpaired) electrons. The maximum Gasteiger partial charge on any atom is 0.0453 e. The summed E-state index contributed by atoms with van der Waals surface area (Å²) in [5.41, 5.74) is 1.41. The Kier molecular flexibility index (Phi) is 4.31. The predicted octanol–water partition coefficient (Wildman–Crippen LogP) is 2.01. The first-order valence-electron chi connectivity index (χ1n) is 7.46. The van der Waals surface area contributed by atoms with Gasteiger partial charge in [-0.2, -0.15) is 0 Å². The number of fused-ring (bicyclic) bond motifs is 1. The molecule has 2 N–H and O–H groups in total. The van der Waals surface area contributed by atoms with Gasteiger partial charge in [0, 0.05) is 38.8 Å². The standard InChI is InChI=1S/C17H23N3/c1-18-17(13-20-11-9-19-10-12-20)16-8-4-6-14-5-2-3-7-15(14)16/h2-8,17-19H,9-13H2,1H3. The molecular weight excluding hydrogens is 246 g/mol. The fourth-order valence-electron chi connectivity index (χ4n) is 3.05. The molecule has 0 saturated carbocycles. The number of nitrogens with one attached hydrogen (secondary N) is 2. The van der Waals surface area contributed by atoms with Gasteiger partial charge in [0.05, 0.1) is 0 Å². The minimum absolute atomic E-state index is 0.388. The molecule has 1 unspecified atom stereocenters. The minimum atomic E-state index is 0.388. The zero-order chi connectivity index (χ0) is 13.8. The largest absolute Gasteiger partial charge is 0.314 e. The summed E-state index contributed by atoms with van der Waals surface area (Å²) in [5.74, 6) is 0. The molecule has 2 aromatic carbocycles. The Morgan fingerprint density at radius 3 is 2.65 bits per heavy atom. The number of rotatable bonds is 4. The summed E-state index contributed by atoms with van der Waals surface area (Å²) < 4.78 is 0. The van der Waals surface area contributed by atoms with Crippen LogP contribution in [0.15, 0.2) is 42.5 Å². The summed E-state index contributed by atoms with van der Waals surface area (Å²) in [5, 5.41) is 9.60. The molecule has 0 amide bonds. The van der Waals surface area contributed by atoms with Gasteiger partial charge in [-0.3, -0.25) is 4.90 Å². The van der Waals surface area contributed by atoms with E-state index in [4.69, 9.17) is 0 Å². The maximum atomic E-state index is 3.50.